The van der Waals surface area contributed by atoms with Gasteiger partial charge in [0, 0.05) is 11.8 Å². The lowest BCUT2D eigenvalue weighted by Crippen LogP contribution is -2.56. The van der Waals surface area contributed by atoms with Crippen LogP contribution in [0.1, 0.15) is 49.7 Å². The predicted octanol–water partition coefficient (Wildman–Crippen LogP) is 3.06. The molecule has 30 heavy (non-hydrogen) atoms. The lowest BCUT2D eigenvalue weighted by molar-refractivity contribution is -0.789. The third-order valence-electron chi connectivity index (χ3n) is 7.68. The molecule has 4 aliphatic carbocycles. The van der Waals surface area contributed by atoms with Crippen LogP contribution in [0, 0.1) is 43.9 Å². The molecule has 0 radical (unpaired) electrons. The van der Waals surface area contributed by atoms with Crippen LogP contribution in [0.25, 0.3) is 0 Å². The monoisotopic (exact) mass is 419 g/mol. The van der Waals surface area contributed by atoms with Crippen molar-refractivity contribution in [3.05, 3.63) is 55.6 Å². The van der Waals surface area contributed by atoms with Crippen molar-refractivity contribution in [3.8, 4) is 0 Å². The van der Waals surface area contributed by atoms with Gasteiger partial charge in [-0.05, 0) is 79.9 Å². The number of benzene rings is 1. The van der Waals surface area contributed by atoms with E-state index in [1.165, 1.54) is 37.7 Å². The SMILES string of the molecule is NCCC1(c2cccc(CC(CO[N+](=O)[O-])O[N+](=O)[O-])c2)C2CC3CC(C2)CC1C3. The third-order valence-corrected chi connectivity index (χ3v) is 7.68. The van der Waals surface area contributed by atoms with Gasteiger partial charge in [-0.2, -0.15) is 0 Å². The number of nitrogens with two attached hydrogens (primary N) is 1. The third kappa shape index (κ3) is 3.95. The summed E-state index contributed by atoms with van der Waals surface area (Å²) in [6.45, 7) is 0.150. The Kier molecular flexibility index (Phi) is 5.81. The van der Waals surface area contributed by atoms with E-state index in [4.69, 9.17) is 5.73 Å². The molecule has 1 aromatic carbocycles. The molecule has 4 fully saturated rings. The molecule has 1 unspecified atom stereocenters. The fraction of sp³-hybridized carbons (Fsp3) is 0.714. The summed E-state index contributed by atoms with van der Waals surface area (Å²) in [4.78, 5) is 30.3. The fourth-order valence-corrected chi connectivity index (χ4v) is 6.93. The van der Waals surface area contributed by atoms with Gasteiger partial charge in [-0.15, -0.1) is 20.2 Å². The Bertz CT molecular complexity index is 773. The number of hydrogen-bond donors (Lipinski definition) is 1. The largest absolute Gasteiger partial charge is 0.330 e. The molecule has 4 aliphatic rings. The minimum Gasteiger partial charge on any atom is -0.330 e. The van der Waals surface area contributed by atoms with Gasteiger partial charge in [0.2, 0.25) is 0 Å². The van der Waals surface area contributed by atoms with Crippen molar-refractivity contribution in [3.63, 3.8) is 0 Å². The zero-order valence-corrected chi connectivity index (χ0v) is 17.0. The van der Waals surface area contributed by atoms with Crippen LogP contribution in [0.5, 0.6) is 0 Å². The Balaban J connectivity index is 1.59. The highest BCUT2D eigenvalue weighted by molar-refractivity contribution is 5.35. The summed E-state index contributed by atoms with van der Waals surface area (Å²) >= 11 is 0. The fourth-order valence-electron chi connectivity index (χ4n) is 6.93. The van der Waals surface area contributed by atoms with Gasteiger partial charge in [0.25, 0.3) is 10.2 Å². The topological polar surface area (TPSA) is 131 Å². The summed E-state index contributed by atoms with van der Waals surface area (Å²) in [5, 5.41) is 19.4. The molecular weight excluding hydrogens is 390 g/mol. The van der Waals surface area contributed by atoms with Crippen LogP contribution in [0.15, 0.2) is 24.3 Å². The van der Waals surface area contributed by atoms with Crippen molar-refractivity contribution < 1.29 is 19.8 Å². The van der Waals surface area contributed by atoms with E-state index >= 15 is 0 Å². The first-order valence-electron chi connectivity index (χ1n) is 10.8. The van der Waals surface area contributed by atoms with Gasteiger partial charge in [-0.25, -0.2) is 0 Å². The van der Waals surface area contributed by atoms with Gasteiger partial charge >= 0.3 is 0 Å². The van der Waals surface area contributed by atoms with Crippen LogP contribution in [0.3, 0.4) is 0 Å². The minimum atomic E-state index is -1.04. The maximum atomic E-state index is 10.8. The summed E-state index contributed by atoms with van der Waals surface area (Å²) in [5.41, 5.74) is 8.28. The average molecular weight is 419 g/mol. The summed E-state index contributed by atoms with van der Waals surface area (Å²) in [7, 11) is 0. The van der Waals surface area contributed by atoms with Crippen LogP contribution >= 0.6 is 0 Å². The zero-order chi connectivity index (χ0) is 21.3. The molecule has 4 bridgehead atoms. The van der Waals surface area contributed by atoms with Crippen LogP contribution in [-0.2, 0) is 21.5 Å². The second kappa shape index (κ2) is 8.37. The molecule has 2 N–H and O–H groups in total. The molecule has 0 heterocycles. The summed E-state index contributed by atoms with van der Waals surface area (Å²) in [6, 6.07) is 8.14. The maximum Gasteiger partial charge on any atom is 0.294 e. The summed E-state index contributed by atoms with van der Waals surface area (Å²) in [6.07, 6.45) is 6.52. The molecular formula is C21H29N3O6. The van der Waals surface area contributed by atoms with Crippen LogP contribution in [-0.4, -0.2) is 29.4 Å². The van der Waals surface area contributed by atoms with E-state index in [0.29, 0.717) is 18.4 Å². The van der Waals surface area contributed by atoms with E-state index in [1.807, 2.05) is 12.1 Å². The van der Waals surface area contributed by atoms with E-state index in [-0.39, 0.29) is 11.8 Å². The molecule has 5 rings (SSSR count). The lowest BCUT2D eigenvalue weighted by atomic mass is 9.43. The predicted molar refractivity (Wildman–Crippen MR) is 107 cm³/mol. The average Bonchev–Trinajstić information content (AvgIpc) is 2.68. The molecule has 4 saturated carbocycles. The quantitative estimate of drug-likeness (QED) is 0.455. The normalized spacial score (nSPS) is 32.6. The molecule has 0 saturated heterocycles. The van der Waals surface area contributed by atoms with E-state index in [0.717, 1.165) is 23.8 Å². The van der Waals surface area contributed by atoms with Crippen molar-refractivity contribution in [1.82, 2.24) is 0 Å². The molecule has 1 atom stereocenters. The Labute approximate surface area is 175 Å². The van der Waals surface area contributed by atoms with Gasteiger partial charge in [0.15, 0.2) is 0 Å². The molecule has 1 aromatic rings. The van der Waals surface area contributed by atoms with Crippen molar-refractivity contribution in [2.24, 2.45) is 29.4 Å². The van der Waals surface area contributed by atoms with Gasteiger partial charge in [-0.3, -0.25) is 0 Å². The first-order valence-corrected chi connectivity index (χ1v) is 10.8. The number of rotatable bonds is 10. The molecule has 0 aromatic heterocycles. The van der Waals surface area contributed by atoms with Crippen molar-refractivity contribution in [2.45, 2.75) is 56.5 Å². The summed E-state index contributed by atoms with van der Waals surface area (Å²) in [5.74, 6) is 2.96. The molecule has 9 heteroatoms. The van der Waals surface area contributed by atoms with Crippen LogP contribution < -0.4 is 5.73 Å². The lowest BCUT2D eigenvalue weighted by Gasteiger charge is -2.62. The van der Waals surface area contributed by atoms with Crippen LogP contribution in [0.2, 0.25) is 0 Å². The van der Waals surface area contributed by atoms with Crippen molar-refractivity contribution in [1.29, 1.82) is 0 Å². The smallest absolute Gasteiger partial charge is 0.294 e. The highest BCUT2D eigenvalue weighted by Crippen LogP contribution is 2.64. The Hall–Kier alpha value is -2.42. The second-order valence-corrected chi connectivity index (χ2v) is 9.26. The first kappa shape index (κ1) is 20.8. The molecule has 0 amide bonds. The Morgan fingerprint density at radius 3 is 2.30 bits per heavy atom. The summed E-state index contributed by atoms with van der Waals surface area (Å²) < 4.78 is 0. The highest BCUT2D eigenvalue weighted by atomic mass is 17.0. The van der Waals surface area contributed by atoms with Crippen LogP contribution in [0.4, 0.5) is 0 Å². The van der Waals surface area contributed by atoms with Gasteiger partial charge in [0.1, 0.15) is 12.7 Å². The standard InChI is InChI=1S/C21H29N3O6/c22-5-4-21(18-8-15-6-16(10-18)11-19(21)9-15)17-3-1-2-14(7-17)12-20(30-24(27)28)13-29-23(25)26/h1-3,7,15-16,18-20H,4-6,8-13,22H2. The number of hydrogen-bond acceptors (Lipinski definition) is 7. The van der Waals surface area contributed by atoms with Gasteiger partial charge < -0.3 is 15.4 Å². The van der Waals surface area contributed by atoms with Gasteiger partial charge in [0.05, 0.1) is 0 Å². The van der Waals surface area contributed by atoms with Gasteiger partial charge in [-0.1, -0.05) is 24.3 Å². The van der Waals surface area contributed by atoms with Crippen molar-refractivity contribution >= 4 is 0 Å². The molecule has 0 aliphatic heterocycles. The molecule has 0 spiro atoms. The minimum absolute atomic E-state index is 0.0645. The van der Waals surface area contributed by atoms with E-state index < -0.39 is 22.9 Å². The molecule has 164 valence electrons. The zero-order valence-electron chi connectivity index (χ0n) is 17.0. The second-order valence-electron chi connectivity index (χ2n) is 9.26. The highest BCUT2D eigenvalue weighted by Gasteiger charge is 2.57. The van der Waals surface area contributed by atoms with E-state index in [9.17, 15) is 20.2 Å². The van der Waals surface area contributed by atoms with Crippen molar-refractivity contribution in [2.75, 3.05) is 13.2 Å². The maximum absolute atomic E-state index is 10.8. The Morgan fingerprint density at radius 1 is 1.07 bits per heavy atom. The first-order chi connectivity index (χ1) is 14.4. The van der Waals surface area contributed by atoms with E-state index in [2.05, 4.69) is 21.8 Å². The van der Waals surface area contributed by atoms with E-state index in [1.54, 1.807) is 0 Å². The Morgan fingerprint density at radius 2 is 1.73 bits per heavy atom. The number of nitrogens with zero attached hydrogens (tertiary/aromatic N) is 2. The molecule has 9 nitrogen and oxygen atoms in total.